The third-order valence-corrected chi connectivity index (χ3v) is 2.01. The Kier molecular flexibility index (Phi) is 2.83. The number of thiocarbonyl (C=S) groups is 1. The number of ether oxygens (including phenoxy) is 1. The summed E-state index contributed by atoms with van der Waals surface area (Å²) in [5.74, 6) is -0.339. The Hall–Kier alpha value is -1.16. The van der Waals surface area contributed by atoms with Gasteiger partial charge in [0.25, 0.3) is 0 Å². The number of hydrogen-bond donors (Lipinski definition) is 1. The third kappa shape index (κ3) is 1.78. The Bertz CT molecular complexity index is 350. The lowest BCUT2D eigenvalue weighted by Gasteiger charge is -2.08. The Morgan fingerprint density at radius 1 is 1.54 bits per heavy atom. The van der Waals surface area contributed by atoms with Gasteiger partial charge >= 0.3 is 0 Å². The molecule has 0 aliphatic heterocycles. The van der Waals surface area contributed by atoms with Crippen LogP contribution in [0.2, 0.25) is 0 Å². The molecule has 1 aromatic rings. The monoisotopic (exact) mass is 200 g/mol. The van der Waals surface area contributed by atoms with Gasteiger partial charge in [-0.25, -0.2) is 4.39 Å². The average Bonchev–Trinajstić information content (AvgIpc) is 2.04. The first kappa shape index (κ1) is 9.92. The van der Waals surface area contributed by atoms with Crippen LogP contribution in [0.1, 0.15) is 11.1 Å². The molecule has 70 valence electrons. The molecule has 0 aliphatic rings. The Morgan fingerprint density at radius 2 is 2.15 bits per heavy atom. The molecule has 0 radical (unpaired) electrons. The van der Waals surface area contributed by atoms with Gasteiger partial charge in [-0.3, -0.25) is 0 Å². The molecular formula is C9H9FO2S. The van der Waals surface area contributed by atoms with E-state index in [-0.39, 0.29) is 10.8 Å². The number of aliphatic hydroxyl groups is 1. The lowest BCUT2D eigenvalue weighted by atomic mass is 10.1. The van der Waals surface area contributed by atoms with Gasteiger partial charge in [-0.1, -0.05) is 0 Å². The van der Waals surface area contributed by atoms with E-state index in [0.29, 0.717) is 11.1 Å². The molecule has 0 heterocycles. The molecule has 0 fully saturated rings. The highest BCUT2D eigenvalue weighted by Gasteiger charge is 2.12. The van der Waals surface area contributed by atoms with Gasteiger partial charge in [0.05, 0.1) is 7.11 Å². The van der Waals surface area contributed by atoms with Crippen molar-refractivity contribution in [2.75, 3.05) is 7.11 Å². The second-order valence-corrected chi connectivity index (χ2v) is 2.95. The van der Waals surface area contributed by atoms with Crippen molar-refractivity contribution in [1.82, 2.24) is 0 Å². The fourth-order valence-corrected chi connectivity index (χ4v) is 1.36. The smallest absolute Gasteiger partial charge is 0.189 e. The van der Waals surface area contributed by atoms with Crippen LogP contribution in [0.4, 0.5) is 4.39 Å². The van der Waals surface area contributed by atoms with Gasteiger partial charge < -0.3 is 9.84 Å². The van der Waals surface area contributed by atoms with Crippen molar-refractivity contribution < 1.29 is 14.2 Å². The van der Waals surface area contributed by atoms with E-state index in [1.165, 1.54) is 19.2 Å². The summed E-state index contributed by atoms with van der Waals surface area (Å²) >= 11 is 4.58. The van der Waals surface area contributed by atoms with Crippen molar-refractivity contribution in [3.63, 3.8) is 0 Å². The summed E-state index contributed by atoms with van der Waals surface area (Å²) in [4.78, 5) is 0. The molecule has 1 N–H and O–H groups in total. The predicted molar refractivity (Wildman–Crippen MR) is 52.0 cm³/mol. The summed E-state index contributed by atoms with van der Waals surface area (Å²) in [7, 11) is 1.37. The lowest BCUT2D eigenvalue weighted by Crippen LogP contribution is -2.01. The number of hydrogen-bond acceptors (Lipinski definition) is 2. The minimum absolute atomic E-state index is 0.119. The molecule has 0 saturated carbocycles. The average molecular weight is 200 g/mol. The number of rotatable bonds is 2. The quantitative estimate of drug-likeness (QED) is 0.743. The highest BCUT2D eigenvalue weighted by atomic mass is 32.1. The van der Waals surface area contributed by atoms with Gasteiger partial charge in [-0.2, -0.15) is 0 Å². The summed E-state index contributed by atoms with van der Waals surface area (Å²) in [5, 5.41) is 8.81. The second kappa shape index (κ2) is 3.70. The zero-order valence-corrected chi connectivity index (χ0v) is 8.11. The van der Waals surface area contributed by atoms with E-state index in [9.17, 15) is 4.39 Å². The summed E-state index contributed by atoms with van der Waals surface area (Å²) in [6.45, 7) is 1.64. The van der Waals surface area contributed by atoms with Gasteiger partial charge in [0.15, 0.2) is 16.6 Å². The summed E-state index contributed by atoms with van der Waals surface area (Å²) in [5.41, 5.74) is 0.934. The van der Waals surface area contributed by atoms with E-state index in [4.69, 9.17) is 9.84 Å². The van der Waals surface area contributed by atoms with Crippen LogP contribution in [0.25, 0.3) is 0 Å². The molecule has 0 aliphatic carbocycles. The Labute approximate surface area is 81.0 Å². The minimum Gasteiger partial charge on any atom is -0.499 e. The van der Waals surface area contributed by atoms with E-state index in [0.717, 1.165) is 0 Å². The van der Waals surface area contributed by atoms with E-state index in [2.05, 4.69) is 12.2 Å². The van der Waals surface area contributed by atoms with Crippen molar-refractivity contribution in [2.24, 2.45) is 0 Å². The highest BCUT2D eigenvalue weighted by Crippen LogP contribution is 2.25. The Morgan fingerprint density at radius 3 is 2.62 bits per heavy atom. The van der Waals surface area contributed by atoms with Crippen LogP contribution in [-0.2, 0) is 0 Å². The second-order valence-electron chi connectivity index (χ2n) is 2.56. The van der Waals surface area contributed by atoms with Crippen molar-refractivity contribution in [3.8, 4) is 5.75 Å². The van der Waals surface area contributed by atoms with Crippen molar-refractivity contribution in [2.45, 2.75) is 6.92 Å². The van der Waals surface area contributed by atoms with Crippen LogP contribution >= 0.6 is 12.2 Å². The maximum absolute atomic E-state index is 13.0. The molecule has 0 aromatic heterocycles. The zero-order chi connectivity index (χ0) is 10.0. The Balaban J connectivity index is 3.35. The lowest BCUT2D eigenvalue weighted by molar-refractivity contribution is 0.383. The first-order valence-electron chi connectivity index (χ1n) is 3.64. The molecule has 0 saturated heterocycles. The largest absolute Gasteiger partial charge is 0.499 e. The molecular weight excluding hydrogens is 191 g/mol. The molecule has 0 unspecified atom stereocenters. The van der Waals surface area contributed by atoms with E-state index in [1.807, 2.05) is 0 Å². The summed E-state index contributed by atoms with van der Waals surface area (Å²) in [6.07, 6.45) is 0. The van der Waals surface area contributed by atoms with Gasteiger partial charge in [0.1, 0.15) is 0 Å². The SMILES string of the molecule is COc1c(F)ccc(C(O)=S)c1C. The molecule has 4 heteroatoms. The topological polar surface area (TPSA) is 29.5 Å². The zero-order valence-electron chi connectivity index (χ0n) is 7.30. The third-order valence-electron chi connectivity index (χ3n) is 1.79. The van der Waals surface area contributed by atoms with Gasteiger partial charge in [-0.15, -0.1) is 0 Å². The van der Waals surface area contributed by atoms with Crippen LogP contribution in [0.15, 0.2) is 12.1 Å². The summed E-state index contributed by atoms with van der Waals surface area (Å²) < 4.78 is 17.9. The first-order chi connectivity index (χ1) is 6.07. The molecule has 0 bridgehead atoms. The first-order valence-corrected chi connectivity index (χ1v) is 4.05. The number of methoxy groups -OCH3 is 1. The van der Waals surface area contributed by atoms with Gasteiger partial charge in [-0.05, 0) is 31.3 Å². The fraction of sp³-hybridized carbons (Fsp3) is 0.222. The van der Waals surface area contributed by atoms with Crippen molar-refractivity contribution in [1.29, 1.82) is 0 Å². The van der Waals surface area contributed by atoms with Crippen molar-refractivity contribution in [3.05, 3.63) is 29.1 Å². The standard InChI is InChI=1S/C9H9FO2S/c1-5-6(9(11)13)3-4-7(10)8(5)12-2/h3-4H,1-2H3,(H,11,13). The predicted octanol–water partition coefficient (Wildman–Crippen LogP) is 2.38. The molecule has 0 spiro atoms. The normalized spacial score (nSPS) is 9.77. The van der Waals surface area contributed by atoms with Crippen LogP contribution in [0.3, 0.4) is 0 Å². The van der Waals surface area contributed by atoms with Gasteiger partial charge in [0.2, 0.25) is 0 Å². The molecule has 1 rings (SSSR count). The molecule has 2 nitrogen and oxygen atoms in total. The van der Waals surface area contributed by atoms with Crippen LogP contribution in [-0.4, -0.2) is 17.3 Å². The molecule has 0 atom stereocenters. The number of aliphatic hydroxyl groups excluding tert-OH is 1. The minimum atomic E-state index is -0.458. The number of halogens is 1. The van der Waals surface area contributed by atoms with Crippen LogP contribution in [0, 0.1) is 12.7 Å². The van der Waals surface area contributed by atoms with E-state index in [1.54, 1.807) is 6.92 Å². The van der Waals surface area contributed by atoms with Crippen LogP contribution < -0.4 is 4.74 Å². The van der Waals surface area contributed by atoms with Crippen molar-refractivity contribution >= 4 is 17.3 Å². The molecule has 13 heavy (non-hydrogen) atoms. The van der Waals surface area contributed by atoms with Crippen LogP contribution in [0.5, 0.6) is 5.75 Å². The maximum atomic E-state index is 13.0. The summed E-state index contributed by atoms with van der Waals surface area (Å²) in [6, 6.07) is 2.64. The van der Waals surface area contributed by atoms with Gasteiger partial charge in [0, 0.05) is 11.1 Å². The number of benzene rings is 1. The van der Waals surface area contributed by atoms with E-state index >= 15 is 0 Å². The molecule has 0 amide bonds. The van der Waals surface area contributed by atoms with E-state index < -0.39 is 5.82 Å². The molecule has 1 aromatic carbocycles. The highest BCUT2D eigenvalue weighted by molar-refractivity contribution is 7.80. The maximum Gasteiger partial charge on any atom is 0.189 e. The fourth-order valence-electron chi connectivity index (χ4n) is 1.14.